The highest BCUT2D eigenvalue weighted by molar-refractivity contribution is 5.77. The van der Waals surface area contributed by atoms with E-state index in [1.54, 1.807) is 0 Å². The molecular weight excluding hydrogens is 190 g/mol. The predicted molar refractivity (Wildman–Crippen MR) is 49.2 cm³/mol. The van der Waals surface area contributed by atoms with E-state index in [1.807, 2.05) is 6.92 Å². The number of hydrogen-bond donors (Lipinski definition) is 2. The number of nitrogens with one attached hydrogen (secondary N) is 2. The molecule has 1 rings (SSSR count). The number of carbonyl (C=O) groups excluding carboxylic acids is 1. The molecule has 3 atom stereocenters. The number of halogens is 2. The van der Waals surface area contributed by atoms with Crippen LogP contribution in [0, 0.1) is 0 Å². The standard InChI is InChI=1S/C9H16F2N2O/c1-5-7(3-4-8(14)13-5)12-6(2)9(10)11/h5-7,9,12H,3-4H2,1-2H3,(H,13,14). The zero-order valence-corrected chi connectivity index (χ0v) is 8.39. The largest absolute Gasteiger partial charge is 0.352 e. The Morgan fingerprint density at radius 1 is 1.57 bits per heavy atom. The molecule has 1 amide bonds. The van der Waals surface area contributed by atoms with Crippen molar-refractivity contribution in [1.82, 2.24) is 10.6 Å². The Morgan fingerprint density at radius 2 is 2.21 bits per heavy atom. The van der Waals surface area contributed by atoms with E-state index in [-0.39, 0.29) is 18.0 Å². The van der Waals surface area contributed by atoms with Crippen LogP contribution >= 0.6 is 0 Å². The van der Waals surface area contributed by atoms with Gasteiger partial charge in [-0.05, 0) is 20.3 Å². The normalized spacial score (nSPS) is 30.2. The Hall–Kier alpha value is -0.710. The molecule has 0 spiro atoms. The van der Waals surface area contributed by atoms with Gasteiger partial charge in [0.05, 0.1) is 6.04 Å². The Morgan fingerprint density at radius 3 is 2.71 bits per heavy atom. The molecule has 0 aromatic carbocycles. The van der Waals surface area contributed by atoms with Crippen molar-refractivity contribution in [2.75, 3.05) is 0 Å². The van der Waals surface area contributed by atoms with E-state index in [0.717, 1.165) is 0 Å². The summed E-state index contributed by atoms with van der Waals surface area (Å²) in [5.74, 6) is 0.000231. The van der Waals surface area contributed by atoms with Gasteiger partial charge in [-0.3, -0.25) is 4.79 Å². The molecule has 1 fully saturated rings. The summed E-state index contributed by atoms with van der Waals surface area (Å²) < 4.78 is 24.5. The van der Waals surface area contributed by atoms with Crippen molar-refractivity contribution in [3.63, 3.8) is 0 Å². The van der Waals surface area contributed by atoms with Gasteiger partial charge < -0.3 is 10.6 Å². The molecule has 1 aliphatic heterocycles. The van der Waals surface area contributed by atoms with E-state index in [4.69, 9.17) is 0 Å². The topological polar surface area (TPSA) is 41.1 Å². The van der Waals surface area contributed by atoms with Gasteiger partial charge in [-0.15, -0.1) is 0 Å². The summed E-state index contributed by atoms with van der Waals surface area (Å²) in [6, 6.07) is -0.938. The SMILES string of the molecule is CC(NC1CCC(=O)NC1C)C(F)F. The van der Waals surface area contributed by atoms with Gasteiger partial charge in [0.15, 0.2) is 0 Å². The van der Waals surface area contributed by atoms with Crippen molar-refractivity contribution in [2.45, 2.75) is 51.2 Å². The van der Waals surface area contributed by atoms with Crippen LogP contribution in [-0.4, -0.2) is 30.5 Å². The summed E-state index contributed by atoms with van der Waals surface area (Å²) in [4.78, 5) is 11.0. The van der Waals surface area contributed by atoms with Gasteiger partial charge in [-0.1, -0.05) is 0 Å². The molecule has 1 heterocycles. The van der Waals surface area contributed by atoms with Gasteiger partial charge in [0.2, 0.25) is 5.91 Å². The Kier molecular flexibility index (Phi) is 3.80. The lowest BCUT2D eigenvalue weighted by molar-refractivity contribution is -0.123. The molecule has 3 nitrogen and oxygen atoms in total. The molecule has 14 heavy (non-hydrogen) atoms. The molecule has 0 saturated carbocycles. The van der Waals surface area contributed by atoms with E-state index < -0.39 is 12.5 Å². The van der Waals surface area contributed by atoms with Crippen molar-refractivity contribution >= 4 is 5.91 Å². The Labute approximate surface area is 82.2 Å². The summed E-state index contributed by atoms with van der Waals surface area (Å²) in [5, 5.41) is 5.55. The summed E-state index contributed by atoms with van der Waals surface area (Å²) in [6.07, 6.45) is -1.32. The van der Waals surface area contributed by atoms with Crippen molar-refractivity contribution < 1.29 is 13.6 Å². The van der Waals surface area contributed by atoms with Crippen LogP contribution in [0.4, 0.5) is 8.78 Å². The van der Waals surface area contributed by atoms with Gasteiger partial charge in [0, 0.05) is 18.5 Å². The smallest absolute Gasteiger partial charge is 0.253 e. The monoisotopic (exact) mass is 206 g/mol. The summed E-state index contributed by atoms with van der Waals surface area (Å²) in [7, 11) is 0. The molecule has 82 valence electrons. The lowest BCUT2D eigenvalue weighted by Gasteiger charge is -2.32. The highest BCUT2D eigenvalue weighted by Gasteiger charge is 2.28. The van der Waals surface area contributed by atoms with E-state index >= 15 is 0 Å². The molecule has 0 radical (unpaired) electrons. The zero-order chi connectivity index (χ0) is 10.7. The highest BCUT2D eigenvalue weighted by atomic mass is 19.3. The third-order valence-electron chi connectivity index (χ3n) is 2.53. The van der Waals surface area contributed by atoms with Crippen LogP contribution in [0.15, 0.2) is 0 Å². The molecule has 1 saturated heterocycles. The van der Waals surface area contributed by atoms with Crippen LogP contribution in [0.1, 0.15) is 26.7 Å². The minimum Gasteiger partial charge on any atom is -0.352 e. The van der Waals surface area contributed by atoms with Gasteiger partial charge in [0.25, 0.3) is 6.43 Å². The van der Waals surface area contributed by atoms with Crippen LogP contribution in [0.2, 0.25) is 0 Å². The molecule has 2 N–H and O–H groups in total. The number of rotatable bonds is 3. The van der Waals surface area contributed by atoms with E-state index in [1.165, 1.54) is 6.92 Å². The van der Waals surface area contributed by atoms with E-state index in [9.17, 15) is 13.6 Å². The van der Waals surface area contributed by atoms with Crippen LogP contribution in [0.25, 0.3) is 0 Å². The molecular formula is C9H16F2N2O. The molecule has 3 unspecified atom stereocenters. The third kappa shape index (κ3) is 2.90. The molecule has 0 bridgehead atoms. The van der Waals surface area contributed by atoms with Gasteiger partial charge in [-0.2, -0.15) is 0 Å². The first-order chi connectivity index (χ1) is 6.50. The predicted octanol–water partition coefficient (Wildman–Crippen LogP) is 0.897. The molecule has 1 aliphatic rings. The van der Waals surface area contributed by atoms with Crippen molar-refractivity contribution in [3.05, 3.63) is 0 Å². The summed E-state index contributed by atoms with van der Waals surface area (Å²) in [5.41, 5.74) is 0. The quantitative estimate of drug-likeness (QED) is 0.720. The molecule has 0 aromatic rings. The maximum absolute atomic E-state index is 12.2. The number of carbonyl (C=O) groups is 1. The zero-order valence-electron chi connectivity index (χ0n) is 8.39. The fraction of sp³-hybridized carbons (Fsp3) is 0.889. The summed E-state index contributed by atoms with van der Waals surface area (Å²) in [6.45, 7) is 3.28. The number of hydrogen-bond acceptors (Lipinski definition) is 2. The average molecular weight is 206 g/mol. The average Bonchev–Trinajstić information content (AvgIpc) is 2.09. The fourth-order valence-corrected chi connectivity index (χ4v) is 1.60. The lowest BCUT2D eigenvalue weighted by Crippen LogP contribution is -2.55. The van der Waals surface area contributed by atoms with Gasteiger partial charge >= 0.3 is 0 Å². The fourth-order valence-electron chi connectivity index (χ4n) is 1.60. The minimum absolute atomic E-state index is 0.000231. The Balaban J connectivity index is 2.41. The van der Waals surface area contributed by atoms with E-state index in [2.05, 4.69) is 10.6 Å². The molecule has 0 aliphatic carbocycles. The van der Waals surface area contributed by atoms with Crippen molar-refractivity contribution in [1.29, 1.82) is 0 Å². The maximum atomic E-state index is 12.2. The van der Waals surface area contributed by atoms with Crippen LogP contribution in [0.5, 0.6) is 0 Å². The Bertz CT molecular complexity index is 211. The van der Waals surface area contributed by atoms with Gasteiger partial charge in [-0.25, -0.2) is 8.78 Å². The van der Waals surface area contributed by atoms with Gasteiger partial charge in [0.1, 0.15) is 0 Å². The van der Waals surface area contributed by atoms with Crippen LogP contribution in [-0.2, 0) is 4.79 Å². The molecule has 5 heteroatoms. The maximum Gasteiger partial charge on any atom is 0.253 e. The second-order valence-corrected chi connectivity index (χ2v) is 3.79. The number of alkyl halides is 2. The second-order valence-electron chi connectivity index (χ2n) is 3.79. The summed E-state index contributed by atoms with van der Waals surface area (Å²) >= 11 is 0. The second kappa shape index (κ2) is 4.68. The van der Waals surface area contributed by atoms with Crippen molar-refractivity contribution in [2.24, 2.45) is 0 Å². The number of amides is 1. The third-order valence-corrected chi connectivity index (χ3v) is 2.53. The minimum atomic E-state index is -2.36. The first-order valence-corrected chi connectivity index (χ1v) is 4.84. The van der Waals surface area contributed by atoms with Crippen LogP contribution in [0.3, 0.4) is 0 Å². The number of piperidine rings is 1. The lowest BCUT2D eigenvalue weighted by atomic mass is 9.98. The van der Waals surface area contributed by atoms with Crippen molar-refractivity contribution in [3.8, 4) is 0 Å². The highest BCUT2D eigenvalue weighted by Crippen LogP contribution is 2.11. The van der Waals surface area contributed by atoms with E-state index in [0.29, 0.717) is 12.8 Å². The first kappa shape index (κ1) is 11.4. The molecule has 0 aromatic heterocycles. The first-order valence-electron chi connectivity index (χ1n) is 4.84. The van der Waals surface area contributed by atoms with Crippen LogP contribution < -0.4 is 10.6 Å².